The summed E-state index contributed by atoms with van der Waals surface area (Å²) in [4.78, 5) is 40.5. The molecule has 1 unspecified atom stereocenters. The Morgan fingerprint density at radius 2 is 1.88 bits per heavy atom. The topological polar surface area (TPSA) is 82.2 Å². The second-order valence-electron chi connectivity index (χ2n) is 6.35. The second kappa shape index (κ2) is 11.0. The number of nitrogens with zero attached hydrogens (tertiary/aromatic N) is 3. The molecule has 0 aliphatic carbocycles. The van der Waals surface area contributed by atoms with Gasteiger partial charge >= 0.3 is 0 Å². The maximum absolute atomic E-state index is 12.4. The number of nitrogens with one attached hydrogen (secondary N) is 1. The normalized spacial score (nSPS) is 15.9. The van der Waals surface area contributed by atoms with Crippen LogP contribution in [0, 0.1) is 0 Å². The van der Waals surface area contributed by atoms with Crippen molar-refractivity contribution in [3.8, 4) is 0 Å². The molecule has 24 heavy (non-hydrogen) atoms. The number of carbonyl (C=O) groups is 3. The second-order valence-corrected chi connectivity index (χ2v) is 6.35. The molecular formula is C16H30N4O4. The highest BCUT2D eigenvalue weighted by atomic mass is 16.5. The van der Waals surface area contributed by atoms with Gasteiger partial charge in [-0.15, -0.1) is 0 Å². The Morgan fingerprint density at radius 3 is 2.46 bits per heavy atom. The summed E-state index contributed by atoms with van der Waals surface area (Å²) in [6.07, 6.45) is 3.66. The molecule has 0 aromatic heterocycles. The van der Waals surface area contributed by atoms with E-state index in [-0.39, 0.29) is 25.0 Å². The fourth-order valence-electron chi connectivity index (χ4n) is 2.51. The van der Waals surface area contributed by atoms with E-state index in [0.717, 1.165) is 38.9 Å². The number of amides is 3. The van der Waals surface area contributed by atoms with E-state index in [1.165, 1.54) is 4.90 Å². The van der Waals surface area contributed by atoms with Crippen molar-refractivity contribution in [2.75, 3.05) is 60.5 Å². The molecule has 1 aliphatic rings. The van der Waals surface area contributed by atoms with E-state index in [1.54, 1.807) is 11.9 Å². The minimum atomic E-state index is -0.774. The van der Waals surface area contributed by atoms with Crippen molar-refractivity contribution in [1.29, 1.82) is 0 Å². The number of hydrogen-bond donors (Lipinski definition) is 1. The molecule has 0 radical (unpaired) electrons. The molecule has 0 aromatic carbocycles. The van der Waals surface area contributed by atoms with Gasteiger partial charge in [0, 0.05) is 26.7 Å². The Bertz CT molecular complexity index is 411. The van der Waals surface area contributed by atoms with Gasteiger partial charge in [0.1, 0.15) is 6.04 Å². The predicted molar refractivity (Wildman–Crippen MR) is 90.4 cm³/mol. The highest BCUT2D eigenvalue weighted by molar-refractivity contribution is 5.88. The van der Waals surface area contributed by atoms with E-state index >= 15 is 0 Å². The Balaban J connectivity index is 2.45. The molecule has 8 heteroatoms. The van der Waals surface area contributed by atoms with Crippen molar-refractivity contribution in [3.05, 3.63) is 0 Å². The van der Waals surface area contributed by atoms with Crippen LogP contribution in [0.5, 0.6) is 0 Å². The summed E-state index contributed by atoms with van der Waals surface area (Å²) < 4.78 is 5.45. The zero-order valence-electron chi connectivity index (χ0n) is 15.0. The van der Waals surface area contributed by atoms with Gasteiger partial charge < -0.3 is 24.8 Å². The SMILES string of the molecule is CN(C)CCOCC(NC=O)C(=O)N(C)CC(=O)N1CCCCC1. The van der Waals surface area contributed by atoms with E-state index in [9.17, 15) is 14.4 Å². The smallest absolute Gasteiger partial charge is 0.247 e. The zero-order chi connectivity index (χ0) is 17.9. The molecule has 0 spiro atoms. The fraction of sp³-hybridized carbons (Fsp3) is 0.812. The van der Waals surface area contributed by atoms with Crippen LogP contribution in [0.1, 0.15) is 19.3 Å². The minimum Gasteiger partial charge on any atom is -0.377 e. The standard InChI is InChI=1S/C16H30N4O4/c1-18(2)9-10-24-12-14(17-13-21)16(23)19(3)11-15(22)20-7-5-4-6-8-20/h13-14H,4-12H2,1-3H3,(H,17,21). The molecule has 8 nitrogen and oxygen atoms in total. The number of piperidine rings is 1. The Hall–Kier alpha value is -1.67. The molecule has 0 aromatic rings. The first-order valence-corrected chi connectivity index (χ1v) is 8.40. The van der Waals surface area contributed by atoms with Gasteiger partial charge in [0.05, 0.1) is 19.8 Å². The summed E-state index contributed by atoms with van der Waals surface area (Å²) in [5.74, 6) is -0.374. The van der Waals surface area contributed by atoms with E-state index < -0.39 is 6.04 Å². The molecule has 1 heterocycles. The third kappa shape index (κ3) is 7.27. The van der Waals surface area contributed by atoms with Crippen molar-refractivity contribution in [3.63, 3.8) is 0 Å². The number of ether oxygens (including phenoxy) is 1. The summed E-state index contributed by atoms with van der Waals surface area (Å²) in [7, 11) is 5.43. The first-order chi connectivity index (χ1) is 11.5. The number of likely N-dealkylation sites (tertiary alicyclic amines) is 1. The van der Waals surface area contributed by atoms with Gasteiger partial charge in [-0.1, -0.05) is 0 Å². The third-order valence-corrected chi connectivity index (χ3v) is 3.99. The highest BCUT2D eigenvalue weighted by Gasteiger charge is 2.25. The molecule has 3 amide bonds. The maximum atomic E-state index is 12.4. The van der Waals surface area contributed by atoms with Crippen LogP contribution in [0.4, 0.5) is 0 Å². The van der Waals surface area contributed by atoms with Crippen LogP contribution >= 0.6 is 0 Å². The first-order valence-electron chi connectivity index (χ1n) is 8.40. The summed E-state index contributed by atoms with van der Waals surface area (Å²) in [5.41, 5.74) is 0. The molecule has 1 rings (SSSR count). The van der Waals surface area contributed by atoms with E-state index in [0.29, 0.717) is 13.0 Å². The van der Waals surface area contributed by atoms with Crippen molar-refractivity contribution in [2.45, 2.75) is 25.3 Å². The van der Waals surface area contributed by atoms with Gasteiger partial charge in [-0.05, 0) is 33.4 Å². The Kier molecular flexibility index (Phi) is 9.33. The monoisotopic (exact) mass is 342 g/mol. The average Bonchev–Trinajstić information content (AvgIpc) is 2.57. The van der Waals surface area contributed by atoms with Crippen LogP contribution < -0.4 is 5.32 Å². The van der Waals surface area contributed by atoms with Gasteiger partial charge in [-0.25, -0.2) is 0 Å². The number of hydrogen-bond acceptors (Lipinski definition) is 5. The molecular weight excluding hydrogens is 312 g/mol. The number of carbonyl (C=O) groups excluding carboxylic acids is 3. The Morgan fingerprint density at radius 1 is 1.21 bits per heavy atom. The average molecular weight is 342 g/mol. The summed E-state index contributed by atoms with van der Waals surface area (Å²) in [6, 6.07) is -0.774. The lowest BCUT2D eigenvalue weighted by Gasteiger charge is -2.29. The quantitative estimate of drug-likeness (QED) is 0.413. The molecule has 1 saturated heterocycles. The van der Waals surface area contributed by atoms with Crippen LogP contribution in [0.3, 0.4) is 0 Å². The van der Waals surface area contributed by atoms with Crippen molar-refractivity contribution >= 4 is 18.2 Å². The lowest BCUT2D eigenvalue weighted by molar-refractivity contribution is -0.142. The van der Waals surface area contributed by atoms with Gasteiger partial charge in [0.25, 0.3) is 0 Å². The molecule has 1 fully saturated rings. The van der Waals surface area contributed by atoms with Crippen molar-refractivity contribution < 1.29 is 19.1 Å². The maximum Gasteiger partial charge on any atom is 0.247 e. The van der Waals surface area contributed by atoms with E-state index in [2.05, 4.69) is 5.32 Å². The highest BCUT2D eigenvalue weighted by Crippen LogP contribution is 2.09. The summed E-state index contributed by atoms with van der Waals surface area (Å²) >= 11 is 0. The van der Waals surface area contributed by atoms with E-state index in [4.69, 9.17) is 4.74 Å². The van der Waals surface area contributed by atoms with Gasteiger partial charge in [0.2, 0.25) is 18.2 Å². The van der Waals surface area contributed by atoms with Gasteiger partial charge in [0.15, 0.2) is 0 Å². The lowest BCUT2D eigenvalue weighted by Crippen LogP contribution is -2.50. The largest absolute Gasteiger partial charge is 0.377 e. The lowest BCUT2D eigenvalue weighted by atomic mass is 10.1. The van der Waals surface area contributed by atoms with Crippen molar-refractivity contribution in [2.24, 2.45) is 0 Å². The van der Waals surface area contributed by atoms with Gasteiger partial charge in [-0.3, -0.25) is 14.4 Å². The zero-order valence-corrected chi connectivity index (χ0v) is 15.0. The summed E-state index contributed by atoms with van der Waals surface area (Å²) in [5, 5.41) is 2.47. The molecule has 1 aliphatic heterocycles. The van der Waals surface area contributed by atoms with Gasteiger partial charge in [-0.2, -0.15) is 0 Å². The minimum absolute atomic E-state index is 0.0214. The van der Waals surface area contributed by atoms with Crippen LogP contribution in [-0.4, -0.2) is 99.5 Å². The molecule has 0 bridgehead atoms. The molecule has 1 N–H and O–H groups in total. The number of rotatable bonds is 10. The Labute approximate surface area is 144 Å². The van der Waals surface area contributed by atoms with Crippen LogP contribution in [0.25, 0.3) is 0 Å². The summed E-state index contributed by atoms with van der Waals surface area (Å²) in [6.45, 7) is 2.81. The molecule has 1 atom stereocenters. The van der Waals surface area contributed by atoms with Crippen LogP contribution in [0.2, 0.25) is 0 Å². The van der Waals surface area contributed by atoms with Crippen molar-refractivity contribution in [1.82, 2.24) is 20.0 Å². The fourth-order valence-corrected chi connectivity index (χ4v) is 2.51. The van der Waals surface area contributed by atoms with E-state index in [1.807, 2.05) is 19.0 Å². The third-order valence-electron chi connectivity index (χ3n) is 3.99. The molecule has 138 valence electrons. The number of likely N-dealkylation sites (N-methyl/N-ethyl adjacent to an activating group) is 2. The van der Waals surface area contributed by atoms with Crippen LogP contribution in [0.15, 0.2) is 0 Å². The molecule has 0 saturated carbocycles. The predicted octanol–water partition coefficient (Wildman–Crippen LogP) is -0.850. The van der Waals surface area contributed by atoms with Crippen LogP contribution in [-0.2, 0) is 19.1 Å². The first kappa shape index (κ1) is 20.4.